The van der Waals surface area contributed by atoms with Gasteiger partial charge in [-0.3, -0.25) is 0 Å². The molecular weight excluding hydrogens is 202 g/mol. The van der Waals surface area contributed by atoms with E-state index in [2.05, 4.69) is 5.16 Å². The number of aromatic nitrogens is 1. The van der Waals surface area contributed by atoms with E-state index in [4.69, 9.17) is 9.63 Å². The van der Waals surface area contributed by atoms with E-state index in [0.29, 0.717) is 5.76 Å². The van der Waals surface area contributed by atoms with Crippen molar-refractivity contribution in [1.29, 1.82) is 0 Å². The molecule has 5 heteroatoms. The molecule has 0 saturated carbocycles. The van der Waals surface area contributed by atoms with Gasteiger partial charge in [-0.15, -0.1) is 11.3 Å². The maximum atomic E-state index is 10.8. The van der Waals surface area contributed by atoms with Gasteiger partial charge in [0.05, 0.1) is 11.1 Å². The van der Waals surface area contributed by atoms with Crippen molar-refractivity contribution in [2.75, 3.05) is 0 Å². The number of nitrogens with zero attached hydrogens (tertiary/aromatic N) is 1. The van der Waals surface area contributed by atoms with E-state index < -0.39 is 5.97 Å². The van der Waals surface area contributed by atoms with Crippen molar-refractivity contribution in [3.8, 4) is 10.6 Å². The zero-order chi connectivity index (χ0) is 10.1. The number of carboxylic acid groups (broad SMARTS) is 1. The summed E-state index contributed by atoms with van der Waals surface area (Å²) in [7, 11) is 0. The van der Waals surface area contributed by atoms with Crippen molar-refractivity contribution in [2.24, 2.45) is 0 Å². The fraction of sp³-hybridized carbons (Fsp3) is 0.111. The summed E-state index contributed by atoms with van der Waals surface area (Å²) in [5, 5.41) is 14.2. The molecule has 0 amide bonds. The lowest BCUT2D eigenvalue weighted by atomic mass is 10.2. The number of hydrogen-bond donors (Lipinski definition) is 1. The number of aromatic carboxylic acids is 1. The van der Waals surface area contributed by atoms with E-state index in [1.165, 1.54) is 17.5 Å². The van der Waals surface area contributed by atoms with Crippen LogP contribution in [0, 0.1) is 6.92 Å². The molecule has 1 N–H and O–H groups in total. The third-order valence-corrected chi connectivity index (χ3v) is 2.88. The lowest BCUT2D eigenvalue weighted by Gasteiger charge is -1.94. The van der Waals surface area contributed by atoms with Crippen LogP contribution in [0.3, 0.4) is 0 Å². The molecule has 0 aliphatic heterocycles. The Balaban J connectivity index is 2.57. The van der Waals surface area contributed by atoms with Gasteiger partial charge in [-0.2, -0.15) is 0 Å². The van der Waals surface area contributed by atoms with Gasteiger partial charge < -0.3 is 9.63 Å². The lowest BCUT2D eigenvalue weighted by molar-refractivity contribution is 0.0697. The van der Waals surface area contributed by atoms with Gasteiger partial charge >= 0.3 is 5.97 Å². The highest BCUT2D eigenvalue weighted by Crippen LogP contribution is 2.31. The van der Waals surface area contributed by atoms with E-state index in [9.17, 15) is 4.79 Å². The average Bonchev–Trinajstić information content (AvgIpc) is 2.70. The van der Waals surface area contributed by atoms with Gasteiger partial charge in [0.1, 0.15) is 5.56 Å². The van der Waals surface area contributed by atoms with E-state index >= 15 is 0 Å². The number of thiophene rings is 1. The third-order valence-electron chi connectivity index (χ3n) is 1.87. The Kier molecular flexibility index (Phi) is 2.09. The van der Waals surface area contributed by atoms with Crippen LogP contribution in [0.25, 0.3) is 10.6 Å². The summed E-state index contributed by atoms with van der Waals surface area (Å²) in [5.74, 6) is -0.681. The van der Waals surface area contributed by atoms with Crippen LogP contribution >= 0.6 is 11.3 Å². The number of hydrogen-bond acceptors (Lipinski definition) is 4. The molecule has 0 aromatic carbocycles. The van der Waals surface area contributed by atoms with Crippen molar-refractivity contribution < 1.29 is 14.4 Å². The third kappa shape index (κ3) is 1.31. The van der Waals surface area contributed by atoms with Gasteiger partial charge in [0, 0.05) is 0 Å². The predicted octanol–water partition coefficient (Wildman–Crippen LogP) is 2.41. The number of rotatable bonds is 2. The lowest BCUT2D eigenvalue weighted by Crippen LogP contribution is -1.95. The Hall–Kier alpha value is -1.62. The SMILES string of the molecule is Cc1ccsc1-c1oncc1C(=O)O. The first kappa shape index (κ1) is 8.96. The van der Waals surface area contributed by atoms with E-state index in [-0.39, 0.29) is 5.56 Å². The molecule has 0 aliphatic carbocycles. The normalized spacial score (nSPS) is 10.4. The summed E-state index contributed by atoms with van der Waals surface area (Å²) < 4.78 is 4.93. The molecule has 0 saturated heterocycles. The Morgan fingerprint density at radius 1 is 1.64 bits per heavy atom. The first-order valence-corrected chi connectivity index (χ1v) is 4.80. The largest absolute Gasteiger partial charge is 0.477 e. The Morgan fingerprint density at radius 3 is 3.00 bits per heavy atom. The molecule has 2 heterocycles. The maximum Gasteiger partial charge on any atom is 0.341 e. The summed E-state index contributed by atoms with van der Waals surface area (Å²) in [6.45, 7) is 1.90. The second-order valence-electron chi connectivity index (χ2n) is 2.81. The quantitative estimate of drug-likeness (QED) is 0.824. The molecule has 4 nitrogen and oxygen atoms in total. The minimum Gasteiger partial charge on any atom is -0.477 e. The van der Waals surface area contributed by atoms with E-state index in [1.54, 1.807) is 0 Å². The molecule has 2 aromatic rings. The van der Waals surface area contributed by atoms with Crippen LogP contribution in [0.1, 0.15) is 15.9 Å². The highest BCUT2D eigenvalue weighted by Gasteiger charge is 2.18. The van der Waals surface area contributed by atoms with Crippen LogP contribution in [-0.4, -0.2) is 16.2 Å². The zero-order valence-electron chi connectivity index (χ0n) is 7.35. The van der Waals surface area contributed by atoms with Gasteiger partial charge in [0.15, 0.2) is 5.76 Å². The van der Waals surface area contributed by atoms with Crippen LogP contribution in [-0.2, 0) is 0 Å². The Morgan fingerprint density at radius 2 is 2.43 bits per heavy atom. The monoisotopic (exact) mass is 209 g/mol. The summed E-state index contributed by atoms with van der Waals surface area (Å²) in [4.78, 5) is 11.6. The molecule has 0 atom stereocenters. The first-order chi connectivity index (χ1) is 6.70. The molecule has 2 aromatic heterocycles. The van der Waals surface area contributed by atoms with Crippen LogP contribution < -0.4 is 0 Å². The Labute approximate surface area is 83.8 Å². The molecule has 72 valence electrons. The van der Waals surface area contributed by atoms with Gasteiger partial charge in [-0.05, 0) is 23.9 Å². The van der Waals surface area contributed by atoms with Crippen molar-refractivity contribution in [1.82, 2.24) is 5.16 Å². The summed E-state index contributed by atoms with van der Waals surface area (Å²) in [5.41, 5.74) is 1.10. The molecular formula is C9H7NO3S. The fourth-order valence-corrected chi connectivity index (χ4v) is 2.08. The molecule has 2 rings (SSSR count). The van der Waals surface area contributed by atoms with Crippen molar-refractivity contribution in [3.05, 3.63) is 28.8 Å². The van der Waals surface area contributed by atoms with E-state index in [1.807, 2.05) is 18.4 Å². The predicted molar refractivity (Wildman–Crippen MR) is 51.5 cm³/mol. The molecule has 0 unspecified atom stereocenters. The van der Waals surface area contributed by atoms with Gasteiger partial charge in [-0.25, -0.2) is 4.79 Å². The highest BCUT2D eigenvalue weighted by molar-refractivity contribution is 7.13. The minimum atomic E-state index is -1.02. The number of carbonyl (C=O) groups is 1. The molecule has 14 heavy (non-hydrogen) atoms. The molecule has 0 radical (unpaired) electrons. The second-order valence-corrected chi connectivity index (χ2v) is 3.72. The van der Waals surface area contributed by atoms with Crippen molar-refractivity contribution in [3.63, 3.8) is 0 Å². The van der Waals surface area contributed by atoms with Gasteiger partial charge in [0.25, 0.3) is 0 Å². The first-order valence-electron chi connectivity index (χ1n) is 3.92. The highest BCUT2D eigenvalue weighted by atomic mass is 32.1. The number of aryl methyl sites for hydroxylation is 1. The molecule has 0 spiro atoms. The summed E-state index contributed by atoms with van der Waals surface area (Å²) >= 11 is 1.44. The summed E-state index contributed by atoms with van der Waals surface area (Å²) in [6.07, 6.45) is 1.22. The van der Waals surface area contributed by atoms with Crippen LogP contribution in [0.4, 0.5) is 0 Å². The minimum absolute atomic E-state index is 0.107. The topological polar surface area (TPSA) is 63.3 Å². The molecule has 0 aliphatic rings. The standard InChI is InChI=1S/C9H7NO3S/c1-5-2-3-14-8(5)7-6(9(11)12)4-10-13-7/h2-4H,1H3,(H,11,12). The van der Waals surface area contributed by atoms with Gasteiger partial charge in [-0.1, -0.05) is 5.16 Å². The molecule has 0 bridgehead atoms. The zero-order valence-corrected chi connectivity index (χ0v) is 8.17. The van der Waals surface area contributed by atoms with Gasteiger partial charge in [0.2, 0.25) is 0 Å². The van der Waals surface area contributed by atoms with Crippen molar-refractivity contribution >= 4 is 17.3 Å². The van der Waals surface area contributed by atoms with E-state index in [0.717, 1.165) is 10.4 Å². The van der Waals surface area contributed by atoms with Crippen LogP contribution in [0.2, 0.25) is 0 Å². The fourth-order valence-electron chi connectivity index (χ4n) is 1.16. The Bertz CT molecular complexity index is 472. The number of carboxylic acids is 1. The smallest absolute Gasteiger partial charge is 0.341 e. The van der Waals surface area contributed by atoms with Crippen LogP contribution in [0.5, 0.6) is 0 Å². The average molecular weight is 209 g/mol. The van der Waals surface area contributed by atoms with Crippen molar-refractivity contribution in [2.45, 2.75) is 6.92 Å². The van der Waals surface area contributed by atoms with Crippen LogP contribution in [0.15, 0.2) is 22.2 Å². The maximum absolute atomic E-state index is 10.8. The second kappa shape index (κ2) is 3.26. The summed E-state index contributed by atoms with van der Waals surface area (Å²) in [6, 6.07) is 1.91. The molecule has 0 fully saturated rings.